The number of nitrogens with two attached hydrogens (primary N) is 1. The molecule has 1 rings (SSSR count). The zero-order chi connectivity index (χ0) is 14.4. The molecule has 0 heterocycles. The van der Waals surface area contributed by atoms with Crippen LogP contribution < -0.4 is 16.4 Å². The molecule has 0 fully saturated rings. The van der Waals surface area contributed by atoms with Crippen molar-refractivity contribution in [2.24, 2.45) is 5.92 Å². The molecule has 1 atom stereocenters. The van der Waals surface area contributed by atoms with Crippen molar-refractivity contribution in [2.45, 2.75) is 26.8 Å². The first-order valence-corrected chi connectivity index (χ1v) is 6.54. The lowest BCUT2D eigenvalue weighted by Crippen LogP contribution is -2.30. The summed E-state index contributed by atoms with van der Waals surface area (Å²) in [6, 6.07) is 5.01. The van der Waals surface area contributed by atoms with E-state index in [2.05, 4.69) is 10.6 Å². The molecule has 1 aromatic carbocycles. The van der Waals surface area contributed by atoms with E-state index in [-0.39, 0.29) is 24.5 Å². The van der Waals surface area contributed by atoms with E-state index in [0.717, 1.165) is 0 Å². The number of hydrogen-bond acceptors (Lipinski definition) is 4. The van der Waals surface area contributed by atoms with E-state index in [4.69, 9.17) is 5.73 Å². The molecular formula is C14H23N3O2. The number of carbonyl (C=O) groups excluding carboxylic acids is 1. The fourth-order valence-electron chi connectivity index (χ4n) is 1.71. The van der Waals surface area contributed by atoms with Crippen LogP contribution in [0.4, 0.5) is 11.4 Å². The number of aliphatic hydroxyl groups is 1. The molecule has 0 aromatic heterocycles. The summed E-state index contributed by atoms with van der Waals surface area (Å²) in [7, 11) is 0. The van der Waals surface area contributed by atoms with Gasteiger partial charge in [0.1, 0.15) is 0 Å². The minimum Gasteiger partial charge on any atom is -0.397 e. The smallest absolute Gasteiger partial charge is 0.251 e. The first-order chi connectivity index (χ1) is 8.99. The predicted octanol–water partition coefficient (Wildman–Crippen LogP) is 1.45. The number of benzene rings is 1. The minimum absolute atomic E-state index is 0.0164. The van der Waals surface area contributed by atoms with E-state index in [1.807, 2.05) is 20.8 Å². The van der Waals surface area contributed by atoms with Gasteiger partial charge in [-0.2, -0.15) is 0 Å². The summed E-state index contributed by atoms with van der Waals surface area (Å²) in [5, 5.41) is 15.2. The Kier molecular flexibility index (Phi) is 5.63. The van der Waals surface area contributed by atoms with Gasteiger partial charge in [-0.15, -0.1) is 0 Å². The molecule has 0 radical (unpaired) electrons. The van der Waals surface area contributed by atoms with Crippen LogP contribution in [0.1, 0.15) is 31.1 Å². The molecule has 0 aliphatic carbocycles. The van der Waals surface area contributed by atoms with Gasteiger partial charge >= 0.3 is 0 Å². The SMILES string of the molecule is CCNC(=O)c1ccc(N)c(NC(CO)C(C)C)c1. The summed E-state index contributed by atoms with van der Waals surface area (Å²) in [4.78, 5) is 11.8. The third-order valence-corrected chi connectivity index (χ3v) is 3.00. The van der Waals surface area contributed by atoms with Gasteiger partial charge in [-0.1, -0.05) is 13.8 Å². The molecule has 1 amide bonds. The van der Waals surface area contributed by atoms with Crippen molar-refractivity contribution in [3.63, 3.8) is 0 Å². The molecule has 19 heavy (non-hydrogen) atoms. The highest BCUT2D eigenvalue weighted by molar-refractivity contribution is 5.96. The molecule has 0 bridgehead atoms. The number of amides is 1. The van der Waals surface area contributed by atoms with Crippen LogP contribution in [0, 0.1) is 5.92 Å². The van der Waals surface area contributed by atoms with Gasteiger partial charge in [0.15, 0.2) is 0 Å². The number of anilines is 2. The lowest BCUT2D eigenvalue weighted by molar-refractivity contribution is 0.0956. The van der Waals surface area contributed by atoms with Crippen LogP contribution in [-0.2, 0) is 0 Å². The van der Waals surface area contributed by atoms with Crippen LogP contribution >= 0.6 is 0 Å². The van der Waals surface area contributed by atoms with Gasteiger partial charge < -0.3 is 21.5 Å². The number of carbonyl (C=O) groups is 1. The topological polar surface area (TPSA) is 87.4 Å². The van der Waals surface area contributed by atoms with Crippen LogP contribution in [0.3, 0.4) is 0 Å². The highest BCUT2D eigenvalue weighted by atomic mass is 16.3. The molecule has 5 N–H and O–H groups in total. The van der Waals surface area contributed by atoms with Crippen LogP contribution in [0.25, 0.3) is 0 Å². The Bertz CT molecular complexity index is 433. The Labute approximate surface area is 114 Å². The quantitative estimate of drug-likeness (QED) is 0.586. The van der Waals surface area contributed by atoms with Gasteiger partial charge in [-0.25, -0.2) is 0 Å². The van der Waals surface area contributed by atoms with Crippen molar-refractivity contribution in [3.05, 3.63) is 23.8 Å². The highest BCUT2D eigenvalue weighted by Crippen LogP contribution is 2.22. The molecule has 0 saturated carbocycles. The van der Waals surface area contributed by atoms with Crippen molar-refractivity contribution in [3.8, 4) is 0 Å². The van der Waals surface area contributed by atoms with Gasteiger partial charge in [-0.3, -0.25) is 4.79 Å². The maximum Gasteiger partial charge on any atom is 0.251 e. The Morgan fingerprint density at radius 1 is 1.42 bits per heavy atom. The molecule has 1 unspecified atom stereocenters. The maximum atomic E-state index is 11.8. The predicted molar refractivity (Wildman–Crippen MR) is 78.2 cm³/mol. The number of rotatable bonds is 6. The number of nitrogen functional groups attached to an aromatic ring is 1. The summed E-state index contributed by atoms with van der Waals surface area (Å²) < 4.78 is 0. The van der Waals surface area contributed by atoms with E-state index in [1.54, 1.807) is 18.2 Å². The zero-order valence-electron chi connectivity index (χ0n) is 11.7. The van der Waals surface area contributed by atoms with Crippen molar-refractivity contribution in [1.82, 2.24) is 5.32 Å². The molecule has 5 heteroatoms. The summed E-state index contributed by atoms with van der Waals surface area (Å²) >= 11 is 0. The molecule has 0 saturated heterocycles. The number of aliphatic hydroxyl groups excluding tert-OH is 1. The van der Waals surface area contributed by atoms with Crippen LogP contribution in [0.2, 0.25) is 0 Å². The average molecular weight is 265 g/mol. The van der Waals surface area contributed by atoms with Crippen LogP contribution in [0.5, 0.6) is 0 Å². The Hall–Kier alpha value is -1.75. The second-order valence-corrected chi connectivity index (χ2v) is 4.84. The molecule has 0 spiro atoms. The zero-order valence-corrected chi connectivity index (χ0v) is 11.7. The second kappa shape index (κ2) is 6.99. The van der Waals surface area contributed by atoms with Gasteiger partial charge in [0, 0.05) is 12.1 Å². The van der Waals surface area contributed by atoms with E-state index < -0.39 is 0 Å². The van der Waals surface area contributed by atoms with Crippen LogP contribution in [-0.4, -0.2) is 30.2 Å². The molecule has 5 nitrogen and oxygen atoms in total. The normalized spacial score (nSPS) is 12.3. The van der Waals surface area contributed by atoms with Crippen molar-refractivity contribution in [1.29, 1.82) is 0 Å². The van der Waals surface area contributed by atoms with Crippen molar-refractivity contribution in [2.75, 3.05) is 24.2 Å². The third-order valence-electron chi connectivity index (χ3n) is 3.00. The van der Waals surface area contributed by atoms with Crippen LogP contribution in [0.15, 0.2) is 18.2 Å². The van der Waals surface area contributed by atoms with Gasteiger partial charge in [0.05, 0.1) is 24.0 Å². The van der Waals surface area contributed by atoms with E-state index in [9.17, 15) is 9.90 Å². The summed E-state index contributed by atoms with van der Waals surface area (Å²) in [6.07, 6.45) is 0. The van der Waals surface area contributed by atoms with E-state index in [0.29, 0.717) is 23.5 Å². The number of hydrogen-bond donors (Lipinski definition) is 4. The maximum absolute atomic E-state index is 11.8. The fourth-order valence-corrected chi connectivity index (χ4v) is 1.71. The number of nitrogens with one attached hydrogen (secondary N) is 2. The molecule has 0 aliphatic heterocycles. The lowest BCUT2D eigenvalue weighted by Gasteiger charge is -2.22. The molecule has 1 aromatic rings. The van der Waals surface area contributed by atoms with Gasteiger partial charge in [0.25, 0.3) is 5.91 Å². The molecule has 106 valence electrons. The fraction of sp³-hybridized carbons (Fsp3) is 0.500. The first-order valence-electron chi connectivity index (χ1n) is 6.54. The molecule has 0 aliphatic rings. The lowest BCUT2D eigenvalue weighted by atomic mass is 10.0. The molecular weight excluding hydrogens is 242 g/mol. The van der Waals surface area contributed by atoms with E-state index >= 15 is 0 Å². The minimum atomic E-state index is -0.129. The van der Waals surface area contributed by atoms with E-state index in [1.165, 1.54) is 0 Å². The first kappa shape index (κ1) is 15.3. The van der Waals surface area contributed by atoms with Crippen molar-refractivity contribution >= 4 is 17.3 Å². The highest BCUT2D eigenvalue weighted by Gasteiger charge is 2.14. The summed E-state index contributed by atoms with van der Waals surface area (Å²) in [6.45, 7) is 6.49. The second-order valence-electron chi connectivity index (χ2n) is 4.84. The Morgan fingerprint density at radius 2 is 2.11 bits per heavy atom. The summed E-state index contributed by atoms with van der Waals surface area (Å²) in [5.74, 6) is 0.133. The Balaban J connectivity index is 2.94. The van der Waals surface area contributed by atoms with Gasteiger partial charge in [-0.05, 0) is 31.0 Å². The average Bonchev–Trinajstić information content (AvgIpc) is 2.37. The monoisotopic (exact) mass is 265 g/mol. The van der Waals surface area contributed by atoms with Gasteiger partial charge in [0.2, 0.25) is 0 Å². The largest absolute Gasteiger partial charge is 0.397 e. The third kappa shape index (κ3) is 4.13. The van der Waals surface area contributed by atoms with Crippen molar-refractivity contribution < 1.29 is 9.90 Å². The summed E-state index contributed by atoms with van der Waals surface area (Å²) in [5.41, 5.74) is 7.68. The standard InChI is InChI=1S/C14H23N3O2/c1-4-16-14(19)10-5-6-11(15)12(7-10)17-13(8-18)9(2)3/h5-7,9,13,17-18H,4,8,15H2,1-3H3,(H,16,19). The Morgan fingerprint density at radius 3 is 2.63 bits per heavy atom.